The van der Waals surface area contributed by atoms with Crippen LogP contribution in [-0.2, 0) is 7.05 Å². The van der Waals surface area contributed by atoms with Gasteiger partial charge in [-0.25, -0.2) is 9.97 Å². The van der Waals surface area contributed by atoms with Gasteiger partial charge in [0.1, 0.15) is 10.8 Å². The van der Waals surface area contributed by atoms with Gasteiger partial charge < -0.3 is 5.73 Å². The third-order valence-corrected chi connectivity index (χ3v) is 2.54. The lowest BCUT2D eigenvalue weighted by Gasteiger charge is -2.04. The highest BCUT2D eigenvalue weighted by Gasteiger charge is 2.18. The molecule has 0 fully saturated rings. The van der Waals surface area contributed by atoms with Crippen LogP contribution in [-0.4, -0.2) is 25.7 Å². The van der Waals surface area contributed by atoms with E-state index < -0.39 is 5.91 Å². The molecule has 3 N–H and O–H groups in total. The summed E-state index contributed by atoms with van der Waals surface area (Å²) in [5.41, 5.74) is 6.96. The summed E-state index contributed by atoms with van der Waals surface area (Å²) >= 11 is 5.70. The van der Waals surface area contributed by atoms with E-state index in [-0.39, 0.29) is 16.8 Å². The Hall–Kier alpha value is -2.15. The standard InChI is InChI=1S/C10H11ClN6O/c1-5-7(12)8(17(2)16-5)9(18)15-10-13-4-3-6(11)14-10/h3-4H,12H2,1-2H3,(H,13,14,15,18). The first kappa shape index (κ1) is 12.3. The van der Waals surface area contributed by atoms with Gasteiger partial charge in [-0.3, -0.25) is 14.8 Å². The molecule has 1 amide bonds. The van der Waals surface area contributed by atoms with Crippen LogP contribution in [0.15, 0.2) is 12.3 Å². The molecule has 8 heteroatoms. The molecule has 0 bridgehead atoms. The summed E-state index contributed by atoms with van der Waals surface area (Å²) in [6.07, 6.45) is 1.45. The van der Waals surface area contributed by atoms with Crippen LogP contribution in [0.1, 0.15) is 16.2 Å². The molecule has 2 aromatic heterocycles. The molecule has 2 heterocycles. The van der Waals surface area contributed by atoms with E-state index in [2.05, 4.69) is 20.4 Å². The number of nitrogens with zero attached hydrogens (tertiary/aromatic N) is 4. The van der Waals surface area contributed by atoms with Crippen molar-refractivity contribution in [3.63, 3.8) is 0 Å². The van der Waals surface area contributed by atoms with Crippen LogP contribution in [0.25, 0.3) is 0 Å². The molecule has 0 atom stereocenters. The highest BCUT2D eigenvalue weighted by atomic mass is 35.5. The minimum absolute atomic E-state index is 0.116. The Bertz CT molecular complexity index is 608. The van der Waals surface area contributed by atoms with E-state index in [4.69, 9.17) is 17.3 Å². The Morgan fingerprint density at radius 3 is 2.83 bits per heavy atom. The highest BCUT2D eigenvalue weighted by molar-refractivity contribution is 6.29. The summed E-state index contributed by atoms with van der Waals surface area (Å²) in [5.74, 6) is -0.316. The molecule has 0 radical (unpaired) electrons. The molecule has 0 aliphatic heterocycles. The quantitative estimate of drug-likeness (QED) is 0.790. The summed E-state index contributed by atoms with van der Waals surface area (Å²) in [6.45, 7) is 1.72. The third-order valence-electron chi connectivity index (χ3n) is 2.33. The van der Waals surface area contributed by atoms with E-state index in [1.807, 2.05) is 0 Å². The Labute approximate surface area is 108 Å². The number of carbonyl (C=O) groups is 1. The second-order valence-corrected chi connectivity index (χ2v) is 4.02. The normalized spacial score (nSPS) is 10.4. The van der Waals surface area contributed by atoms with Crippen LogP contribution >= 0.6 is 11.6 Å². The molecule has 2 rings (SSSR count). The van der Waals surface area contributed by atoms with Gasteiger partial charge in [0.15, 0.2) is 0 Å². The van der Waals surface area contributed by atoms with Crippen LogP contribution in [0.2, 0.25) is 5.15 Å². The highest BCUT2D eigenvalue weighted by Crippen LogP contribution is 2.16. The van der Waals surface area contributed by atoms with Crippen LogP contribution < -0.4 is 11.1 Å². The van der Waals surface area contributed by atoms with Crippen molar-refractivity contribution in [3.8, 4) is 0 Å². The maximum atomic E-state index is 12.0. The smallest absolute Gasteiger partial charge is 0.278 e. The van der Waals surface area contributed by atoms with Gasteiger partial charge in [-0.15, -0.1) is 0 Å². The van der Waals surface area contributed by atoms with Gasteiger partial charge in [0.2, 0.25) is 5.95 Å². The minimum Gasteiger partial charge on any atom is -0.395 e. The van der Waals surface area contributed by atoms with Crippen LogP contribution in [0, 0.1) is 6.92 Å². The maximum absolute atomic E-state index is 12.0. The number of nitrogen functional groups attached to an aromatic ring is 1. The van der Waals surface area contributed by atoms with Crippen molar-refractivity contribution in [3.05, 3.63) is 28.8 Å². The molecular weight excluding hydrogens is 256 g/mol. The van der Waals surface area contributed by atoms with Crippen molar-refractivity contribution < 1.29 is 4.79 Å². The molecule has 7 nitrogen and oxygen atoms in total. The first-order valence-electron chi connectivity index (χ1n) is 5.08. The molecule has 0 saturated carbocycles. The fourth-order valence-corrected chi connectivity index (χ4v) is 1.64. The monoisotopic (exact) mass is 266 g/mol. The summed E-state index contributed by atoms with van der Waals surface area (Å²) < 4.78 is 1.41. The van der Waals surface area contributed by atoms with E-state index in [0.717, 1.165) is 0 Å². The molecule has 0 saturated heterocycles. The molecule has 0 aromatic carbocycles. The van der Waals surface area contributed by atoms with Crippen molar-refractivity contribution in [2.45, 2.75) is 6.92 Å². The van der Waals surface area contributed by atoms with Gasteiger partial charge in [0, 0.05) is 13.2 Å². The van der Waals surface area contributed by atoms with Gasteiger partial charge >= 0.3 is 0 Å². The SMILES string of the molecule is Cc1nn(C)c(C(=O)Nc2nccc(Cl)n2)c1N. The first-order chi connectivity index (χ1) is 8.49. The number of rotatable bonds is 2. The van der Waals surface area contributed by atoms with Gasteiger partial charge in [0.25, 0.3) is 5.91 Å². The predicted molar refractivity (Wildman–Crippen MR) is 67.4 cm³/mol. The Morgan fingerprint density at radius 1 is 1.56 bits per heavy atom. The first-order valence-corrected chi connectivity index (χ1v) is 5.46. The lowest BCUT2D eigenvalue weighted by molar-refractivity contribution is 0.101. The number of nitrogens with two attached hydrogens (primary N) is 1. The zero-order valence-electron chi connectivity index (χ0n) is 9.81. The molecule has 0 aliphatic carbocycles. The fraction of sp³-hybridized carbons (Fsp3) is 0.200. The van der Waals surface area contributed by atoms with E-state index >= 15 is 0 Å². The van der Waals surface area contributed by atoms with Crippen LogP contribution in [0.5, 0.6) is 0 Å². The van der Waals surface area contributed by atoms with E-state index in [0.29, 0.717) is 11.4 Å². The number of carbonyl (C=O) groups excluding carboxylic acids is 1. The van der Waals surface area contributed by atoms with Gasteiger partial charge in [-0.2, -0.15) is 5.10 Å². The van der Waals surface area contributed by atoms with E-state index in [9.17, 15) is 4.79 Å². The second-order valence-electron chi connectivity index (χ2n) is 3.63. The summed E-state index contributed by atoms with van der Waals surface area (Å²) in [6, 6.07) is 1.51. The number of aryl methyl sites for hydroxylation is 2. The van der Waals surface area contributed by atoms with Gasteiger partial charge in [0.05, 0.1) is 11.4 Å². The summed E-state index contributed by atoms with van der Waals surface area (Å²) in [4.78, 5) is 19.7. The van der Waals surface area contributed by atoms with Crippen molar-refractivity contribution in [1.29, 1.82) is 0 Å². The topological polar surface area (TPSA) is 98.7 Å². The lowest BCUT2D eigenvalue weighted by atomic mass is 10.3. The number of nitrogens with one attached hydrogen (secondary N) is 1. The molecule has 2 aromatic rings. The Morgan fingerprint density at radius 2 is 2.28 bits per heavy atom. The number of hydrogen-bond donors (Lipinski definition) is 2. The van der Waals surface area contributed by atoms with Crippen LogP contribution in [0.4, 0.5) is 11.6 Å². The Balaban J connectivity index is 2.27. The third kappa shape index (κ3) is 2.25. The van der Waals surface area contributed by atoms with Gasteiger partial charge in [-0.05, 0) is 13.0 Å². The van der Waals surface area contributed by atoms with Crippen molar-refractivity contribution in [2.75, 3.05) is 11.1 Å². The molecule has 0 spiro atoms. The zero-order chi connectivity index (χ0) is 13.3. The van der Waals surface area contributed by atoms with Crippen LogP contribution in [0.3, 0.4) is 0 Å². The fourth-order valence-electron chi connectivity index (χ4n) is 1.50. The van der Waals surface area contributed by atoms with Crippen molar-refractivity contribution >= 4 is 29.1 Å². The number of hydrogen-bond acceptors (Lipinski definition) is 5. The van der Waals surface area contributed by atoms with Crippen molar-refractivity contribution in [2.24, 2.45) is 7.05 Å². The molecular formula is C10H11ClN6O. The number of amides is 1. The van der Waals surface area contributed by atoms with E-state index in [1.165, 1.54) is 16.9 Å². The van der Waals surface area contributed by atoms with Crippen molar-refractivity contribution in [1.82, 2.24) is 19.7 Å². The Kier molecular flexibility index (Phi) is 3.15. The minimum atomic E-state index is -0.433. The predicted octanol–water partition coefficient (Wildman–Crippen LogP) is 1.01. The molecule has 94 valence electrons. The maximum Gasteiger partial charge on any atom is 0.278 e. The molecule has 0 unspecified atom stereocenters. The molecule has 18 heavy (non-hydrogen) atoms. The zero-order valence-corrected chi connectivity index (χ0v) is 10.6. The largest absolute Gasteiger partial charge is 0.395 e. The average molecular weight is 267 g/mol. The van der Waals surface area contributed by atoms with Gasteiger partial charge in [-0.1, -0.05) is 11.6 Å². The average Bonchev–Trinajstić information content (AvgIpc) is 2.53. The second kappa shape index (κ2) is 4.61. The summed E-state index contributed by atoms with van der Waals surface area (Å²) in [7, 11) is 1.64. The number of anilines is 2. The number of aromatic nitrogens is 4. The number of halogens is 1. The summed E-state index contributed by atoms with van der Waals surface area (Å²) in [5, 5.41) is 6.81. The van der Waals surface area contributed by atoms with E-state index in [1.54, 1.807) is 14.0 Å². The molecule has 0 aliphatic rings. The lowest BCUT2D eigenvalue weighted by Crippen LogP contribution is -2.19.